The van der Waals surface area contributed by atoms with E-state index < -0.39 is 10.0 Å². The molecule has 1 fully saturated rings. The fourth-order valence-corrected chi connectivity index (χ4v) is 5.21. The van der Waals surface area contributed by atoms with E-state index in [0.29, 0.717) is 16.8 Å². The predicted octanol–water partition coefficient (Wildman–Crippen LogP) is 2.94. The number of hydrogen-bond acceptors (Lipinski definition) is 5. The predicted molar refractivity (Wildman–Crippen MR) is 119 cm³/mol. The number of ether oxygens (including phenoxy) is 1. The molecule has 6 nitrogen and oxygen atoms in total. The second-order valence-corrected chi connectivity index (χ2v) is 9.77. The maximum Gasteiger partial charge on any atom is 0.240 e. The summed E-state index contributed by atoms with van der Waals surface area (Å²) >= 11 is 3.33. The monoisotopic (exact) mass is 481 g/mol. The molecule has 1 saturated heterocycles. The maximum atomic E-state index is 12.5. The Bertz CT molecular complexity index is 885. The van der Waals surface area contributed by atoms with Crippen LogP contribution in [-0.4, -0.2) is 64.6 Å². The van der Waals surface area contributed by atoms with E-state index in [4.69, 9.17) is 4.74 Å². The molecule has 0 aliphatic carbocycles. The van der Waals surface area contributed by atoms with Crippen LogP contribution >= 0.6 is 15.9 Å². The van der Waals surface area contributed by atoms with E-state index in [1.165, 1.54) is 5.56 Å². The Morgan fingerprint density at radius 1 is 1.03 bits per heavy atom. The van der Waals surface area contributed by atoms with Crippen LogP contribution in [0, 0.1) is 0 Å². The van der Waals surface area contributed by atoms with Crippen molar-refractivity contribution in [3.8, 4) is 5.75 Å². The van der Waals surface area contributed by atoms with Gasteiger partial charge in [-0.05, 0) is 52.7 Å². The van der Waals surface area contributed by atoms with E-state index in [1.807, 2.05) is 6.07 Å². The molecule has 0 unspecified atom stereocenters. The third-order valence-corrected chi connectivity index (χ3v) is 7.17. The Morgan fingerprint density at radius 3 is 2.38 bits per heavy atom. The van der Waals surface area contributed by atoms with Crippen molar-refractivity contribution in [2.45, 2.75) is 17.9 Å². The summed E-state index contributed by atoms with van der Waals surface area (Å²) in [5.41, 5.74) is 1.35. The first-order valence-corrected chi connectivity index (χ1v) is 12.1. The number of benzene rings is 2. The van der Waals surface area contributed by atoms with Gasteiger partial charge in [-0.2, -0.15) is 0 Å². The molecular weight excluding hydrogens is 454 g/mol. The maximum absolute atomic E-state index is 12.5. The summed E-state index contributed by atoms with van der Waals surface area (Å²) in [6.07, 6.45) is 0.787. The molecule has 2 aromatic carbocycles. The Morgan fingerprint density at radius 2 is 1.72 bits per heavy atom. The summed E-state index contributed by atoms with van der Waals surface area (Å²) in [6, 6.07) is 15.3. The minimum atomic E-state index is -3.52. The van der Waals surface area contributed by atoms with Gasteiger partial charge in [0.15, 0.2) is 0 Å². The number of rotatable bonds is 9. The third-order valence-electron chi connectivity index (χ3n) is 5.09. The molecule has 0 amide bonds. The standard InChI is InChI=1S/C21H28BrN3O3S/c1-28-21-9-8-19(16-20(21)22)29(26,27)23-10-5-11-24-12-14-25(15-13-24)17-18-6-3-2-4-7-18/h2-4,6-9,16,23H,5,10-15,17H2,1H3. The number of nitrogens with zero attached hydrogens (tertiary/aromatic N) is 2. The minimum Gasteiger partial charge on any atom is -0.496 e. The van der Waals surface area contributed by atoms with Crippen LogP contribution in [0.25, 0.3) is 0 Å². The molecule has 1 N–H and O–H groups in total. The van der Waals surface area contributed by atoms with Gasteiger partial charge in [0, 0.05) is 39.3 Å². The van der Waals surface area contributed by atoms with E-state index in [2.05, 4.69) is 54.7 Å². The zero-order valence-corrected chi connectivity index (χ0v) is 19.1. The minimum absolute atomic E-state index is 0.236. The van der Waals surface area contributed by atoms with Crippen molar-refractivity contribution in [2.75, 3.05) is 46.4 Å². The summed E-state index contributed by atoms with van der Waals surface area (Å²) < 4.78 is 33.4. The van der Waals surface area contributed by atoms with E-state index in [0.717, 1.165) is 45.7 Å². The largest absolute Gasteiger partial charge is 0.496 e. The second kappa shape index (κ2) is 10.5. The first kappa shape index (κ1) is 22.2. The van der Waals surface area contributed by atoms with Gasteiger partial charge in [-0.3, -0.25) is 4.90 Å². The van der Waals surface area contributed by atoms with Crippen LogP contribution in [0.2, 0.25) is 0 Å². The topological polar surface area (TPSA) is 61.9 Å². The summed E-state index contributed by atoms with van der Waals surface area (Å²) in [5.74, 6) is 0.607. The first-order chi connectivity index (χ1) is 14.0. The van der Waals surface area contributed by atoms with E-state index >= 15 is 0 Å². The molecule has 8 heteroatoms. The van der Waals surface area contributed by atoms with Gasteiger partial charge in [-0.15, -0.1) is 0 Å². The van der Waals surface area contributed by atoms with Crippen LogP contribution in [0.3, 0.4) is 0 Å². The third kappa shape index (κ3) is 6.52. The summed E-state index contributed by atoms with van der Waals surface area (Å²) in [5, 5.41) is 0. The lowest BCUT2D eigenvalue weighted by molar-refractivity contribution is 0.126. The molecule has 1 aliphatic rings. The Hall–Kier alpha value is -1.45. The van der Waals surface area contributed by atoms with Crippen molar-refractivity contribution in [2.24, 2.45) is 0 Å². The van der Waals surface area contributed by atoms with Crippen molar-refractivity contribution >= 4 is 26.0 Å². The highest BCUT2D eigenvalue weighted by molar-refractivity contribution is 9.10. The highest BCUT2D eigenvalue weighted by Crippen LogP contribution is 2.27. The fraction of sp³-hybridized carbons (Fsp3) is 0.429. The van der Waals surface area contributed by atoms with Gasteiger partial charge in [0.25, 0.3) is 0 Å². The highest BCUT2D eigenvalue weighted by Gasteiger charge is 2.18. The molecule has 0 saturated carbocycles. The number of halogens is 1. The molecule has 0 radical (unpaired) electrons. The molecule has 158 valence electrons. The van der Waals surface area contributed by atoms with Crippen LogP contribution in [0.4, 0.5) is 0 Å². The SMILES string of the molecule is COc1ccc(S(=O)(=O)NCCCN2CCN(Cc3ccccc3)CC2)cc1Br. The number of hydrogen-bond donors (Lipinski definition) is 1. The lowest BCUT2D eigenvalue weighted by Gasteiger charge is -2.34. The number of piperazine rings is 1. The van der Waals surface area contributed by atoms with Gasteiger partial charge < -0.3 is 9.64 Å². The smallest absolute Gasteiger partial charge is 0.240 e. The number of sulfonamides is 1. The van der Waals surface area contributed by atoms with E-state index in [9.17, 15) is 8.42 Å². The van der Waals surface area contributed by atoms with E-state index in [-0.39, 0.29) is 4.90 Å². The summed E-state index contributed by atoms with van der Waals surface area (Å²) in [4.78, 5) is 5.11. The van der Waals surface area contributed by atoms with Gasteiger partial charge in [-0.25, -0.2) is 13.1 Å². The van der Waals surface area contributed by atoms with Crippen molar-refractivity contribution in [3.63, 3.8) is 0 Å². The van der Waals surface area contributed by atoms with Crippen molar-refractivity contribution < 1.29 is 13.2 Å². The molecule has 29 heavy (non-hydrogen) atoms. The van der Waals surface area contributed by atoms with E-state index in [1.54, 1.807) is 25.3 Å². The van der Waals surface area contributed by atoms with Crippen LogP contribution < -0.4 is 9.46 Å². The van der Waals surface area contributed by atoms with Crippen LogP contribution in [0.1, 0.15) is 12.0 Å². The molecule has 3 rings (SSSR count). The Balaban J connectivity index is 1.38. The van der Waals surface area contributed by atoms with Gasteiger partial charge in [0.2, 0.25) is 10.0 Å². The Kier molecular flexibility index (Phi) is 8.08. The van der Waals surface area contributed by atoms with Gasteiger partial charge in [0.05, 0.1) is 16.5 Å². The molecule has 1 heterocycles. The lowest BCUT2D eigenvalue weighted by Crippen LogP contribution is -2.46. The molecule has 0 bridgehead atoms. The average Bonchev–Trinajstić information content (AvgIpc) is 2.73. The molecule has 0 spiro atoms. The fourth-order valence-electron chi connectivity index (χ4n) is 3.42. The highest BCUT2D eigenvalue weighted by atomic mass is 79.9. The Labute approximate surface area is 182 Å². The van der Waals surface area contributed by atoms with Crippen LogP contribution in [-0.2, 0) is 16.6 Å². The van der Waals surface area contributed by atoms with Crippen LogP contribution in [0.5, 0.6) is 5.75 Å². The second-order valence-electron chi connectivity index (χ2n) is 7.15. The van der Waals surface area contributed by atoms with Crippen LogP contribution in [0.15, 0.2) is 57.9 Å². The molecule has 0 aromatic heterocycles. The molecule has 2 aromatic rings. The number of nitrogens with one attached hydrogen (secondary N) is 1. The molecule has 1 aliphatic heterocycles. The normalized spacial score (nSPS) is 16.1. The van der Waals surface area contributed by atoms with Gasteiger partial charge in [-0.1, -0.05) is 30.3 Å². The van der Waals surface area contributed by atoms with Crippen molar-refractivity contribution in [1.29, 1.82) is 0 Å². The zero-order valence-electron chi connectivity index (χ0n) is 16.7. The van der Waals surface area contributed by atoms with Crippen molar-refractivity contribution in [1.82, 2.24) is 14.5 Å². The number of methoxy groups -OCH3 is 1. The average molecular weight is 482 g/mol. The van der Waals surface area contributed by atoms with Gasteiger partial charge in [0.1, 0.15) is 5.75 Å². The first-order valence-electron chi connectivity index (χ1n) is 9.80. The lowest BCUT2D eigenvalue weighted by atomic mass is 10.2. The quantitative estimate of drug-likeness (QED) is 0.557. The van der Waals surface area contributed by atoms with Gasteiger partial charge >= 0.3 is 0 Å². The molecular formula is C21H28BrN3O3S. The summed E-state index contributed by atoms with van der Waals surface area (Å²) in [7, 11) is -1.97. The zero-order chi connectivity index (χ0) is 20.7. The van der Waals surface area contributed by atoms with Crippen molar-refractivity contribution in [3.05, 3.63) is 58.6 Å². The molecule has 0 atom stereocenters. The summed E-state index contributed by atoms with van der Waals surface area (Å²) in [6.45, 7) is 6.44.